The summed E-state index contributed by atoms with van der Waals surface area (Å²) in [6.45, 7) is 1.05. The van der Waals surface area contributed by atoms with Crippen LogP contribution in [0.2, 0.25) is 0 Å². The van der Waals surface area contributed by atoms with Crippen LogP contribution in [0.15, 0.2) is 0 Å². The van der Waals surface area contributed by atoms with Crippen molar-refractivity contribution in [2.45, 2.75) is 63.8 Å². The monoisotopic (exact) mass is 235 g/mol. The van der Waals surface area contributed by atoms with Crippen molar-refractivity contribution >= 4 is 5.78 Å². The van der Waals surface area contributed by atoms with Gasteiger partial charge in [0.05, 0.1) is 6.04 Å². The number of hydrogen-bond acceptors (Lipinski definition) is 2. The average Bonchev–Trinajstić information content (AvgIpc) is 2.82. The summed E-state index contributed by atoms with van der Waals surface area (Å²) in [5.74, 6) is 3.13. The van der Waals surface area contributed by atoms with Gasteiger partial charge in [-0.1, -0.05) is 19.3 Å². The number of fused-ring (bicyclic) bond motifs is 2. The molecular weight excluding hydrogens is 210 g/mol. The smallest absolute Gasteiger partial charge is 0.150 e. The fourth-order valence-electron chi connectivity index (χ4n) is 4.33. The second-order valence-corrected chi connectivity index (χ2v) is 6.46. The number of rotatable bonds is 3. The highest BCUT2D eigenvalue weighted by molar-refractivity contribution is 5.84. The number of carbonyl (C=O) groups excluding carboxylic acids is 1. The molecule has 2 aliphatic carbocycles. The maximum Gasteiger partial charge on any atom is 0.150 e. The molecule has 2 nitrogen and oxygen atoms in total. The highest BCUT2D eigenvalue weighted by Gasteiger charge is 2.40. The van der Waals surface area contributed by atoms with Crippen LogP contribution < -0.4 is 5.32 Å². The van der Waals surface area contributed by atoms with Crippen molar-refractivity contribution in [1.82, 2.24) is 5.32 Å². The largest absolute Gasteiger partial charge is 0.307 e. The predicted molar refractivity (Wildman–Crippen MR) is 68.8 cm³/mol. The third kappa shape index (κ3) is 2.57. The highest BCUT2D eigenvalue weighted by atomic mass is 16.1. The molecule has 2 heteroatoms. The number of Topliss-reactive ketones (excluding diaryl/α,β-unsaturated/α-hetero) is 1. The van der Waals surface area contributed by atoms with E-state index in [4.69, 9.17) is 0 Å². The SMILES string of the molecule is O=C(CC1CC2CCC1C2)C1CCCCCN1. The van der Waals surface area contributed by atoms with E-state index in [-0.39, 0.29) is 6.04 Å². The van der Waals surface area contributed by atoms with E-state index in [1.54, 1.807) is 0 Å². The van der Waals surface area contributed by atoms with Gasteiger partial charge in [-0.2, -0.15) is 0 Å². The van der Waals surface area contributed by atoms with E-state index in [0.717, 1.165) is 37.1 Å². The van der Waals surface area contributed by atoms with Crippen molar-refractivity contribution in [3.63, 3.8) is 0 Å². The molecule has 2 saturated carbocycles. The van der Waals surface area contributed by atoms with Gasteiger partial charge in [0.1, 0.15) is 5.78 Å². The van der Waals surface area contributed by atoms with Gasteiger partial charge in [0.25, 0.3) is 0 Å². The van der Waals surface area contributed by atoms with Crippen LogP contribution in [0.1, 0.15) is 57.8 Å². The van der Waals surface area contributed by atoms with Crippen LogP contribution in [-0.4, -0.2) is 18.4 Å². The fourth-order valence-corrected chi connectivity index (χ4v) is 4.33. The number of hydrogen-bond donors (Lipinski definition) is 1. The Morgan fingerprint density at radius 2 is 2.00 bits per heavy atom. The Morgan fingerprint density at radius 1 is 1.06 bits per heavy atom. The van der Waals surface area contributed by atoms with E-state index < -0.39 is 0 Å². The minimum absolute atomic E-state index is 0.191. The molecule has 3 fully saturated rings. The third-order valence-corrected chi connectivity index (χ3v) is 5.30. The zero-order chi connectivity index (χ0) is 11.7. The zero-order valence-electron chi connectivity index (χ0n) is 10.8. The first-order chi connectivity index (χ1) is 8.33. The standard InChI is InChI=1S/C15H25NO/c17-15(14-4-2-1-3-7-16-14)10-13-9-11-5-6-12(13)8-11/h11-14,16H,1-10H2. The van der Waals surface area contributed by atoms with Crippen LogP contribution in [-0.2, 0) is 4.79 Å². The van der Waals surface area contributed by atoms with Crippen molar-refractivity contribution < 1.29 is 4.79 Å². The lowest BCUT2D eigenvalue weighted by molar-refractivity contribution is -0.122. The van der Waals surface area contributed by atoms with Crippen molar-refractivity contribution in [2.24, 2.45) is 17.8 Å². The molecule has 1 N–H and O–H groups in total. The van der Waals surface area contributed by atoms with E-state index in [1.807, 2.05) is 0 Å². The molecule has 4 unspecified atom stereocenters. The van der Waals surface area contributed by atoms with Crippen LogP contribution >= 0.6 is 0 Å². The molecule has 1 aliphatic heterocycles. The van der Waals surface area contributed by atoms with Gasteiger partial charge in [0.15, 0.2) is 0 Å². The van der Waals surface area contributed by atoms with E-state index in [9.17, 15) is 4.79 Å². The Kier molecular flexibility index (Phi) is 3.51. The second-order valence-electron chi connectivity index (χ2n) is 6.46. The predicted octanol–water partition coefficient (Wildman–Crippen LogP) is 2.91. The Hall–Kier alpha value is -0.370. The first kappa shape index (κ1) is 11.7. The van der Waals surface area contributed by atoms with Crippen molar-refractivity contribution in [1.29, 1.82) is 0 Å². The molecule has 0 radical (unpaired) electrons. The highest BCUT2D eigenvalue weighted by Crippen LogP contribution is 2.49. The number of nitrogens with one attached hydrogen (secondary N) is 1. The van der Waals surface area contributed by atoms with Gasteiger partial charge in [-0.05, 0) is 56.4 Å². The van der Waals surface area contributed by atoms with Crippen molar-refractivity contribution in [3.05, 3.63) is 0 Å². The first-order valence-corrected chi connectivity index (χ1v) is 7.59. The van der Waals surface area contributed by atoms with Gasteiger partial charge in [-0.3, -0.25) is 4.79 Å². The molecule has 3 aliphatic rings. The van der Waals surface area contributed by atoms with E-state index >= 15 is 0 Å². The van der Waals surface area contributed by atoms with E-state index in [0.29, 0.717) is 5.78 Å². The maximum atomic E-state index is 12.3. The number of carbonyl (C=O) groups is 1. The fraction of sp³-hybridized carbons (Fsp3) is 0.933. The Bertz CT molecular complexity index is 281. The molecule has 0 aromatic heterocycles. The molecule has 0 spiro atoms. The minimum Gasteiger partial charge on any atom is -0.307 e. The lowest BCUT2D eigenvalue weighted by Gasteiger charge is -2.23. The van der Waals surface area contributed by atoms with E-state index in [2.05, 4.69) is 5.32 Å². The average molecular weight is 235 g/mol. The molecule has 1 saturated heterocycles. The Balaban J connectivity index is 1.52. The summed E-state index contributed by atoms with van der Waals surface area (Å²) >= 11 is 0. The van der Waals surface area contributed by atoms with Gasteiger partial charge < -0.3 is 5.32 Å². The molecule has 1 heterocycles. The van der Waals surface area contributed by atoms with Crippen LogP contribution in [0, 0.1) is 17.8 Å². The van der Waals surface area contributed by atoms with Gasteiger partial charge in [-0.15, -0.1) is 0 Å². The van der Waals surface area contributed by atoms with Crippen LogP contribution in [0.5, 0.6) is 0 Å². The van der Waals surface area contributed by atoms with Crippen molar-refractivity contribution in [3.8, 4) is 0 Å². The zero-order valence-corrected chi connectivity index (χ0v) is 10.8. The van der Waals surface area contributed by atoms with Crippen LogP contribution in [0.3, 0.4) is 0 Å². The van der Waals surface area contributed by atoms with Gasteiger partial charge in [0, 0.05) is 6.42 Å². The molecular formula is C15H25NO. The summed E-state index contributed by atoms with van der Waals surface area (Å²) in [5, 5.41) is 3.45. The summed E-state index contributed by atoms with van der Waals surface area (Å²) in [6, 6.07) is 0.191. The summed E-state index contributed by atoms with van der Waals surface area (Å²) in [4.78, 5) is 12.3. The second kappa shape index (κ2) is 5.09. The van der Waals surface area contributed by atoms with E-state index in [1.165, 1.54) is 44.9 Å². The Labute approximate surface area is 105 Å². The number of ketones is 1. The molecule has 3 rings (SSSR count). The third-order valence-electron chi connectivity index (χ3n) is 5.30. The summed E-state index contributed by atoms with van der Waals surface area (Å²) in [5.41, 5.74) is 0. The van der Waals surface area contributed by atoms with Crippen LogP contribution in [0.25, 0.3) is 0 Å². The quantitative estimate of drug-likeness (QED) is 0.815. The lowest BCUT2D eigenvalue weighted by atomic mass is 9.84. The molecule has 4 atom stereocenters. The lowest BCUT2D eigenvalue weighted by Crippen LogP contribution is -2.37. The molecule has 2 bridgehead atoms. The normalized spacial score (nSPS) is 41.4. The molecule has 0 aromatic carbocycles. The molecule has 0 aromatic rings. The molecule has 17 heavy (non-hydrogen) atoms. The van der Waals surface area contributed by atoms with Gasteiger partial charge in [0.2, 0.25) is 0 Å². The molecule has 0 amide bonds. The Morgan fingerprint density at radius 3 is 2.76 bits per heavy atom. The first-order valence-electron chi connectivity index (χ1n) is 7.59. The molecule has 96 valence electrons. The van der Waals surface area contributed by atoms with Gasteiger partial charge in [-0.25, -0.2) is 0 Å². The summed E-state index contributed by atoms with van der Waals surface area (Å²) in [6.07, 6.45) is 11.4. The summed E-state index contributed by atoms with van der Waals surface area (Å²) < 4.78 is 0. The maximum absolute atomic E-state index is 12.3. The topological polar surface area (TPSA) is 29.1 Å². The summed E-state index contributed by atoms with van der Waals surface area (Å²) in [7, 11) is 0. The van der Waals surface area contributed by atoms with Gasteiger partial charge >= 0.3 is 0 Å². The van der Waals surface area contributed by atoms with Crippen LogP contribution in [0.4, 0.5) is 0 Å². The minimum atomic E-state index is 0.191. The van der Waals surface area contributed by atoms with Crippen molar-refractivity contribution in [2.75, 3.05) is 6.54 Å².